The van der Waals surface area contributed by atoms with E-state index in [4.69, 9.17) is 5.26 Å². The summed E-state index contributed by atoms with van der Waals surface area (Å²) in [7, 11) is 0. The lowest BCUT2D eigenvalue weighted by molar-refractivity contribution is 0.623. The molecule has 1 fully saturated rings. The lowest BCUT2D eigenvalue weighted by Gasteiger charge is -2.17. The zero-order valence-electron chi connectivity index (χ0n) is 7.83. The van der Waals surface area contributed by atoms with Crippen LogP contribution in [0.25, 0.3) is 0 Å². The highest BCUT2D eigenvalue weighted by Gasteiger charge is 2.13. The molecule has 0 spiro atoms. The minimum Gasteiger partial charge on any atom is -0.371 e. The van der Waals surface area contributed by atoms with Gasteiger partial charge >= 0.3 is 0 Å². The second-order valence-electron chi connectivity index (χ2n) is 3.47. The Morgan fingerprint density at radius 2 is 2.00 bits per heavy atom. The molecule has 0 unspecified atom stereocenters. The Balaban J connectivity index is 2.28. The smallest absolute Gasteiger partial charge is 0.143 e. The van der Waals surface area contributed by atoms with Crippen LogP contribution in [0, 0.1) is 17.1 Å². The number of hydrogen-bond donors (Lipinski definition) is 0. The first-order chi connectivity index (χ1) is 6.81. The van der Waals surface area contributed by atoms with Crippen LogP contribution in [0.15, 0.2) is 18.2 Å². The van der Waals surface area contributed by atoms with Gasteiger partial charge < -0.3 is 4.90 Å². The number of benzene rings is 1. The molecule has 0 aliphatic carbocycles. The minimum atomic E-state index is -0.420. The number of nitrogens with zero attached hydrogens (tertiary/aromatic N) is 2. The van der Waals surface area contributed by atoms with E-state index in [9.17, 15) is 4.39 Å². The van der Waals surface area contributed by atoms with E-state index in [2.05, 4.69) is 4.90 Å². The number of halogens is 1. The molecule has 0 saturated carbocycles. The highest BCUT2D eigenvalue weighted by molar-refractivity contribution is 5.50. The van der Waals surface area contributed by atoms with Crippen molar-refractivity contribution in [3.63, 3.8) is 0 Å². The molecule has 1 aliphatic rings. The lowest BCUT2D eigenvalue weighted by Crippen LogP contribution is -2.17. The Hall–Kier alpha value is -1.56. The summed E-state index contributed by atoms with van der Waals surface area (Å²) in [6, 6.07) is 6.62. The predicted octanol–water partition coefficient (Wildman–Crippen LogP) is 2.30. The number of hydrogen-bond acceptors (Lipinski definition) is 2. The molecular formula is C11H11FN2. The first-order valence-corrected chi connectivity index (χ1v) is 4.76. The van der Waals surface area contributed by atoms with Crippen molar-refractivity contribution in [2.45, 2.75) is 12.8 Å². The van der Waals surface area contributed by atoms with Crippen LogP contribution < -0.4 is 4.90 Å². The molecule has 72 valence electrons. The van der Waals surface area contributed by atoms with Crippen molar-refractivity contribution >= 4 is 5.69 Å². The average Bonchev–Trinajstić information content (AvgIpc) is 2.70. The van der Waals surface area contributed by atoms with Gasteiger partial charge in [0.1, 0.15) is 11.9 Å². The van der Waals surface area contributed by atoms with Crippen LogP contribution in [0.1, 0.15) is 18.4 Å². The summed E-state index contributed by atoms with van der Waals surface area (Å²) in [5.74, 6) is -0.420. The predicted molar refractivity (Wildman–Crippen MR) is 52.6 cm³/mol. The summed E-state index contributed by atoms with van der Waals surface area (Å²) in [6.07, 6.45) is 2.34. The van der Waals surface area contributed by atoms with Crippen LogP contribution in [0.3, 0.4) is 0 Å². The van der Waals surface area contributed by atoms with E-state index in [-0.39, 0.29) is 5.56 Å². The van der Waals surface area contributed by atoms with Crippen LogP contribution in [0.5, 0.6) is 0 Å². The first-order valence-electron chi connectivity index (χ1n) is 4.76. The third-order valence-corrected chi connectivity index (χ3v) is 2.54. The Labute approximate surface area is 82.6 Å². The van der Waals surface area contributed by atoms with Crippen molar-refractivity contribution in [3.05, 3.63) is 29.6 Å². The zero-order chi connectivity index (χ0) is 9.97. The Kier molecular flexibility index (Phi) is 2.36. The van der Waals surface area contributed by atoms with Gasteiger partial charge in [0.25, 0.3) is 0 Å². The van der Waals surface area contributed by atoms with Crippen LogP contribution in [-0.2, 0) is 0 Å². The number of anilines is 1. The molecule has 1 aliphatic heterocycles. The molecule has 1 aromatic rings. The van der Waals surface area contributed by atoms with Crippen LogP contribution in [-0.4, -0.2) is 13.1 Å². The first kappa shape index (κ1) is 9.01. The summed E-state index contributed by atoms with van der Waals surface area (Å²) in [5.41, 5.74) is 1.01. The number of rotatable bonds is 1. The standard InChI is InChI=1S/C11H11FN2/c12-11-7-10(4-3-9(11)8-13)14-5-1-2-6-14/h3-4,7H,1-2,5-6H2. The summed E-state index contributed by atoms with van der Waals surface area (Å²) in [5, 5.41) is 8.57. The van der Waals surface area contributed by atoms with Gasteiger partial charge in [0.15, 0.2) is 0 Å². The SMILES string of the molecule is N#Cc1ccc(N2CCCC2)cc1F. The fourth-order valence-corrected chi connectivity index (χ4v) is 1.77. The third kappa shape index (κ3) is 1.56. The Bertz CT molecular complexity index is 375. The van der Waals surface area contributed by atoms with Crippen LogP contribution >= 0.6 is 0 Å². The van der Waals surface area contributed by atoms with E-state index in [1.54, 1.807) is 6.07 Å². The molecule has 0 radical (unpaired) electrons. The largest absolute Gasteiger partial charge is 0.371 e. The molecule has 1 aromatic carbocycles. The van der Waals surface area contributed by atoms with Crippen LogP contribution in [0.2, 0.25) is 0 Å². The van der Waals surface area contributed by atoms with Gasteiger partial charge in [-0.2, -0.15) is 5.26 Å². The van der Waals surface area contributed by atoms with Crippen molar-refractivity contribution in [1.29, 1.82) is 5.26 Å². The Morgan fingerprint density at radius 3 is 2.57 bits per heavy atom. The molecule has 0 amide bonds. The van der Waals surface area contributed by atoms with Crippen molar-refractivity contribution in [3.8, 4) is 6.07 Å². The maximum absolute atomic E-state index is 13.3. The Morgan fingerprint density at radius 1 is 1.29 bits per heavy atom. The van der Waals surface area contributed by atoms with Gasteiger partial charge in [-0.1, -0.05) is 0 Å². The second-order valence-corrected chi connectivity index (χ2v) is 3.47. The van der Waals surface area contributed by atoms with E-state index in [1.165, 1.54) is 18.9 Å². The zero-order valence-corrected chi connectivity index (χ0v) is 7.83. The maximum atomic E-state index is 13.3. The summed E-state index contributed by atoms with van der Waals surface area (Å²) >= 11 is 0. The summed E-state index contributed by atoms with van der Waals surface area (Å²) in [4.78, 5) is 2.14. The van der Waals surface area contributed by atoms with E-state index in [0.29, 0.717) is 0 Å². The molecule has 2 nitrogen and oxygen atoms in total. The molecule has 1 saturated heterocycles. The van der Waals surface area contributed by atoms with Crippen molar-refractivity contribution in [2.24, 2.45) is 0 Å². The van der Waals surface area contributed by atoms with Crippen molar-refractivity contribution < 1.29 is 4.39 Å². The highest BCUT2D eigenvalue weighted by Crippen LogP contribution is 2.22. The quantitative estimate of drug-likeness (QED) is 0.679. The van der Waals surface area contributed by atoms with Gasteiger partial charge in [-0.25, -0.2) is 4.39 Å². The van der Waals surface area contributed by atoms with Crippen molar-refractivity contribution in [2.75, 3.05) is 18.0 Å². The molecule has 0 aromatic heterocycles. The topological polar surface area (TPSA) is 27.0 Å². The molecule has 3 heteroatoms. The molecule has 0 bridgehead atoms. The molecular weight excluding hydrogens is 179 g/mol. The molecule has 2 rings (SSSR count). The van der Waals surface area contributed by atoms with E-state index in [1.807, 2.05) is 12.1 Å². The summed E-state index contributed by atoms with van der Waals surface area (Å²) < 4.78 is 13.3. The fraction of sp³-hybridized carbons (Fsp3) is 0.364. The second kappa shape index (κ2) is 3.67. The fourth-order valence-electron chi connectivity index (χ4n) is 1.77. The molecule has 14 heavy (non-hydrogen) atoms. The van der Waals surface area contributed by atoms with E-state index >= 15 is 0 Å². The van der Waals surface area contributed by atoms with Gasteiger partial charge in [-0.15, -0.1) is 0 Å². The van der Waals surface area contributed by atoms with Gasteiger partial charge in [-0.3, -0.25) is 0 Å². The van der Waals surface area contributed by atoms with Gasteiger partial charge in [0.2, 0.25) is 0 Å². The van der Waals surface area contributed by atoms with Gasteiger partial charge in [0.05, 0.1) is 5.56 Å². The van der Waals surface area contributed by atoms with Gasteiger partial charge in [-0.05, 0) is 31.0 Å². The molecule has 1 heterocycles. The molecule has 0 N–H and O–H groups in total. The normalized spacial score (nSPS) is 15.6. The van der Waals surface area contributed by atoms with E-state index < -0.39 is 5.82 Å². The average molecular weight is 190 g/mol. The highest BCUT2D eigenvalue weighted by atomic mass is 19.1. The van der Waals surface area contributed by atoms with Crippen molar-refractivity contribution in [1.82, 2.24) is 0 Å². The molecule has 0 atom stereocenters. The maximum Gasteiger partial charge on any atom is 0.143 e. The third-order valence-electron chi connectivity index (χ3n) is 2.54. The minimum absolute atomic E-state index is 0.118. The van der Waals surface area contributed by atoms with E-state index in [0.717, 1.165) is 18.8 Å². The lowest BCUT2D eigenvalue weighted by atomic mass is 10.2. The number of nitriles is 1. The summed E-state index contributed by atoms with van der Waals surface area (Å²) in [6.45, 7) is 1.98. The van der Waals surface area contributed by atoms with Gasteiger partial charge in [0, 0.05) is 18.8 Å². The monoisotopic (exact) mass is 190 g/mol. The van der Waals surface area contributed by atoms with Crippen LogP contribution in [0.4, 0.5) is 10.1 Å².